The topological polar surface area (TPSA) is 75.7 Å². The monoisotopic (exact) mass is 380 g/mol. The third-order valence-corrected chi connectivity index (χ3v) is 4.96. The van der Waals surface area contributed by atoms with Gasteiger partial charge in [-0.3, -0.25) is 9.59 Å². The Morgan fingerprint density at radius 3 is 2.54 bits per heavy atom. The third kappa shape index (κ3) is 4.22. The number of rotatable bonds is 6. The second-order valence-electron chi connectivity index (χ2n) is 6.79. The van der Waals surface area contributed by atoms with Gasteiger partial charge in [0.25, 0.3) is 0 Å². The molecule has 1 fully saturated rings. The fourth-order valence-corrected chi connectivity index (χ4v) is 3.41. The van der Waals surface area contributed by atoms with Crippen LogP contribution in [0.15, 0.2) is 54.6 Å². The van der Waals surface area contributed by atoms with Crippen LogP contribution in [0.3, 0.4) is 0 Å². The molecule has 0 spiro atoms. The Kier molecular flexibility index (Phi) is 6.09. The van der Waals surface area contributed by atoms with Crippen molar-refractivity contribution in [2.75, 3.05) is 18.5 Å². The number of esters is 1. The van der Waals surface area contributed by atoms with E-state index in [4.69, 9.17) is 4.74 Å². The zero-order valence-electron chi connectivity index (χ0n) is 16.1. The van der Waals surface area contributed by atoms with Gasteiger partial charge in [0.1, 0.15) is 0 Å². The molecule has 146 valence electrons. The molecule has 0 saturated carbocycles. The molecule has 2 unspecified atom stereocenters. The van der Waals surface area contributed by atoms with E-state index in [2.05, 4.69) is 5.32 Å². The highest BCUT2D eigenvalue weighted by atomic mass is 16.5. The number of nitrogens with one attached hydrogen (secondary N) is 1. The lowest BCUT2D eigenvalue weighted by molar-refractivity contribution is -0.129. The number of hydrogen-bond acceptors (Lipinski definition) is 4. The number of nitrogens with zero attached hydrogens (tertiary/aromatic N) is 1. The Labute approximate surface area is 164 Å². The normalized spacial score (nSPS) is 17.3. The molecule has 0 aliphatic carbocycles. The lowest BCUT2D eigenvalue weighted by Gasteiger charge is -2.25. The van der Waals surface area contributed by atoms with Crippen molar-refractivity contribution in [1.82, 2.24) is 4.90 Å². The van der Waals surface area contributed by atoms with Gasteiger partial charge in [0.05, 0.1) is 29.8 Å². The average Bonchev–Trinajstić information content (AvgIpc) is 3.10. The van der Waals surface area contributed by atoms with Crippen LogP contribution in [-0.2, 0) is 14.3 Å². The summed E-state index contributed by atoms with van der Waals surface area (Å²) in [7, 11) is 0. The Hall–Kier alpha value is -3.15. The van der Waals surface area contributed by atoms with Gasteiger partial charge >= 0.3 is 5.97 Å². The summed E-state index contributed by atoms with van der Waals surface area (Å²) in [5.74, 6) is -1.27. The van der Waals surface area contributed by atoms with Crippen molar-refractivity contribution in [2.45, 2.75) is 26.3 Å². The highest BCUT2D eigenvalue weighted by Gasteiger charge is 2.37. The highest BCUT2D eigenvalue weighted by molar-refractivity contribution is 6.03. The van der Waals surface area contributed by atoms with Gasteiger partial charge in [-0.1, -0.05) is 42.5 Å². The fourth-order valence-electron chi connectivity index (χ4n) is 3.41. The van der Waals surface area contributed by atoms with Crippen LogP contribution in [0.1, 0.15) is 42.2 Å². The van der Waals surface area contributed by atoms with Crippen molar-refractivity contribution in [3.05, 3.63) is 65.7 Å². The number of likely N-dealkylation sites (tertiary alicyclic amines) is 1. The molecule has 0 radical (unpaired) electrons. The smallest absolute Gasteiger partial charge is 0.340 e. The largest absolute Gasteiger partial charge is 0.462 e. The SMILES string of the molecule is CCOC(=O)c1ccccc1NC(=O)C1CC(=O)N(C(C)c2ccccc2)C1. The van der Waals surface area contributed by atoms with Gasteiger partial charge < -0.3 is 15.0 Å². The molecule has 1 saturated heterocycles. The van der Waals surface area contributed by atoms with Crippen molar-refractivity contribution in [3.63, 3.8) is 0 Å². The molecular formula is C22H24N2O4. The Morgan fingerprint density at radius 2 is 1.82 bits per heavy atom. The molecular weight excluding hydrogens is 356 g/mol. The second-order valence-corrected chi connectivity index (χ2v) is 6.79. The first-order valence-electron chi connectivity index (χ1n) is 9.42. The van der Waals surface area contributed by atoms with Crippen molar-refractivity contribution in [2.24, 2.45) is 5.92 Å². The number of para-hydroxylation sites is 1. The molecule has 1 aliphatic heterocycles. The van der Waals surface area contributed by atoms with Crippen molar-refractivity contribution in [1.29, 1.82) is 0 Å². The lowest BCUT2D eigenvalue weighted by atomic mass is 10.1. The zero-order valence-corrected chi connectivity index (χ0v) is 16.1. The maximum atomic E-state index is 12.8. The van der Waals surface area contributed by atoms with Gasteiger partial charge in [-0.25, -0.2) is 4.79 Å². The van der Waals surface area contributed by atoms with Gasteiger partial charge in [-0.15, -0.1) is 0 Å². The maximum absolute atomic E-state index is 12.8. The van der Waals surface area contributed by atoms with Crippen molar-refractivity contribution in [3.8, 4) is 0 Å². The number of anilines is 1. The van der Waals surface area contributed by atoms with E-state index in [1.54, 1.807) is 36.1 Å². The second kappa shape index (κ2) is 8.69. The molecule has 3 rings (SSSR count). The Bertz CT molecular complexity index is 866. The van der Waals surface area contributed by atoms with E-state index >= 15 is 0 Å². The molecule has 2 aromatic rings. The number of hydrogen-bond donors (Lipinski definition) is 1. The molecule has 2 atom stereocenters. The average molecular weight is 380 g/mol. The summed E-state index contributed by atoms with van der Waals surface area (Å²) in [5.41, 5.74) is 1.73. The van der Waals surface area contributed by atoms with E-state index in [9.17, 15) is 14.4 Å². The van der Waals surface area contributed by atoms with Gasteiger partial charge in [0, 0.05) is 13.0 Å². The Morgan fingerprint density at radius 1 is 1.14 bits per heavy atom. The van der Waals surface area contributed by atoms with Crippen molar-refractivity contribution >= 4 is 23.5 Å². The van der Waals surface area contributed by atoms with Gasteiger partial charge in [-0.05, 0) is 31.5 Å². The van der Waals surface area contributed by atoms with E-state index in [0.717, 1.165) is 5.56 Å². The van der Waals surface area contributed by atoms with Crippen LogP contribution in [0.5, 0.6) is 0 Å². The minimum Gasteiger partial charge on any atom is -0.462 e. The first-order valence-corrected chi connectivity index (χ1v) is 9.42. The molecule has 1 N–H and O–H groups in total. The summed E-state index contributed by atoms with van der Waals surface area (Å²) in [6.45, 7) is 4.29. The standard InChI is InChI=1S/C22H24N2O4/c1-3-28-22(27)18-11-7-8-12-19(18)23-21(26)17-13-20(25)24(14-17)15(2)16-9-5-4-6-10-16/h4-12,15,17H,3,13-14H2,1-2H3,(H,23,26). The van der Waals surface area contributed by atoms with E-state index in [-0.39, 0.29) is 30.9 Å². The number of amides is 2. The number of carbonyl (C=O) groups is 3. The molecule has 2 aromatic carbocycles. The Balaban J connectivity index is 1.70. The molecule has 6 heteroatoms. The fraction of sp³-hybridized carbons (Fsp3) is 0.318. The maximum Gasteiger partial charge on any atom is 0.340 e. The summed E-state index contributed by atoms with van der Waals surface area (Å²) in [6, 6.07) is 16.4. The predicted octanol–water partition coefficient (Wildman–Crippen LogP) is 3.41. The summed E-state index contributed by atoms with van der Waals surface area (Å²) >= 11 is 0. The van der Waals surface area contributed by atoms with Crippen LogP contribution in [-0.4, -0.2) is 35.8 Å². The lowest BCUT2D eigenvalue weighted by Crippen LogP contribution is -2.30. The zero-order chi connectivity index (χ0) is 20.1. The van der Waals surface area contributed by atoms with Crippen LogP contribution >= 0.6 is 0 Å². The summed E-state index contributed by atoms with van der Waals surface area (Å²) in [4.78, 5) is 39.1. The van der Waals surface area contributed by atoms with E-state index < -0.39 is 11.9 Å². The number of ether oxygens (including phenoxy) is 1. The van der Waals surface area contributed by atoms with Crippen LogP contribution < -0.4 is 5.32 Å². The molecule has 2 amide bonds. The first kappa shape index (κ1) is 19.6. The third-order valence-electron chi connectivity index (χ3n) is 4.96. The van der Waals surface area contributed by atoms with Gasteiger partial charge in [0.2, 0.25) is 11.8 Å². The van der Waals surface area contributed by atoms with Gasteiger partial charge in [0.15, 0.2) is 0 Å². The number of benzene rings is 2. The van der Waals surface area contributed by atoms with Crippen LogP contribution in [0.2, 0.25) is 0 Å². The van der Waals surface area contributed by atoms with E-state index in [1.807, 2.05) is 37.3 Å². The predicted molar refractivity (Wildman–Crippen MR) is 106 cm³/mol. The van der Waals surface area contributed by atoms with Crippen molar-refractivity contribution < 1.29 is 19.1 Å². The molecule has 0 aromatic heterocycles. The highest BCUT2D eigenvalue weighted by Crippen LogP contribution is 2.29. The minimum absolute atomic E-state index is 0.0461. The van der Waals surface area contributed by atoms with Crippen LogP contribution in [0.25, 0.3) is 0 Å². The minimum atomic E-state index is -0.486. The van der Waals surface area contributed by atoms with E-state index in [0.29, 0.717) is 17.8 Å². The van der Waals surface area contributed by atoms with E-state index in [1.165, 1.54) is 0 Å². The molecule has 28 heavy (non-hydrogen) atoms. The quantitative estimate of drug-likeness (QED) is 0.779. The summed E-state index contributed by atoms with van der Waals surface area (Å²) in [6.07, 6.45) is 0.157. The van der Waals surface area contributed by atoms with Crippen LogP contribution in [0.4, 0.5) is 5.69 Å². The molecule has 6 nitrogen and oxygen atoms in total. The first-order chi connectivity index (χ1) is 13.5. The summed E-state index contributed by atoms with van der Waals surface area (Å²) in [5, 5.41) is 2.79. The van der Waals surface area contributed by atoms with Gasteiger partial charge in [-0.2, -0.15) is 0 Å². The molecule has 1 heterocycles. The number of carbonyl (C=O) groups excluding carboxylic acids is 3. The summed E-state index contributed by atoms with van der Waals surface area (Å²) < 4.78 is 5.04. The molecule has 0 bridgehead atoms. The van der Waals surface area contributed by atoms with Crippen LogP contribution in [0, 0.1) is 5.92 Å². The molecule has 1 aliphatic rings.